The lowest BCUT2D eigenvalue weighted by Crippen LogP contribution is -2.47. The van der Waals surface area contributed by atoms with E-state index in [-0.39, 0.29) is 29.8 Å². The number of carbonyl (C=O) groups excluding carboxylic acids is 2. The van der Waals surface area contributed by atoms with E-state index in [4.69, 9.17) is 5.26 Å². The molecular formula is C20H23FN6O2. The number of amides is 3. The SMILES string of the molecule is C[C@H]1Cn2cnc(C(=O)NC(C)(C)C)c2CN1C(=O)Nc1ccc(F)c(C#N)c1. The number of hydrogen-bond donors (Lipinski definition) is 2. The Bertz CT molecular complexity index is 1000. The Kier molecular flexibility index (Phi) is 5.29. The summed E-state index contributed by atoms with van der Waals surface area (Å²) < 4.78 is 15.4. The summed E-state index contributed by atoms with van der Waals surface area (Å²) in [5.74, 6) is -0.936. The number of hydrogen-bond acceptors (Lipinski definition) is 4. The largest absolute Gasteiger partial charge is 0.346 e. The van der Waals surface area contributed by atoms with Gasteiger partial charge in [-0.15, -0.1) is 0 Å². The quantitative estimate of drug-likeness (QED) is 0.812. The summed E-state index contributed by atoms with van der Waals surface area (Å²) in [5, 5.41) is 14.5. The minimum Gasteiger partial charge on any atom is -0.346 e. The summed E-state index contributed by atoms with van der Waals surface area (Å²) in [6.07, 6.45) is 1.61. The van der Waals surface area contributed by atoms with Gasteiger partial charge in [-0.05, 0) is 45.9 Å². The van der Waals surface area contributed by atoms with Crippen LogP contribution in [-0.4, -0.2) is 38.0 Å². The summed E-state index contributed by atoms with van der Waals surface area (Å²) in [4.78, 5) is 31.2. The highest BCUT2D eigenvalue weighted by Gasteiger charge is 2.31. The first kappa shape index (κ1) is 20.3. The molecule has 1 atom stereocenters. The molecule has 2 aromatic rings. The average molecular weight is 398 g/mol. The molecule has 0 saturated heterocycles. The molecule has 3 amide bonds. The molecule has 2 heterocycles. The number of nitrogens with zero attached hydrogens (tertiary/aromatic N) is 4. The molecule has 9 heteroatoms. The van der Waals surface area contributed by atoms with Crippen LogP contribution in [-0.2, 0) is 13.1 Å². The summed E-state index contributed by atoms with van der Waals surface area (Å²) in [5.41, 5.74) is 0.710. The van der Waals surface area contributed by atoms with Crippen molar-refractivity contribution in [2.24, 2.45) is 0 Å². The van der Waals surface area contributed by atoms with Crippen molar-refractivity contribution < 1.29 is 14.0 Å². The second kappa shape index (κ2) is 7.54. The van der Waals surface area contributed by atoms with Crippen molar-refractivity contribution in [2.45, 2.75) is 52.4 Å². The summed E-state index contributed by atoms with van der Waals surface area (Å²) >= 11 is 0. The lowest BCUT2D eigenvalue weighted by molar-refractivity contribution is 0.0909. The third kappa shape index (κ3) is 4.37. The zero-order valence-electron chi connectivity index (χ0n) is 16.8. The molecule has 0 saturated carbocycles. The Morgan fingerprint density at radius 2 is 2.07 bits per heavy atom. The lowest BCUT2D eigenvalue weighted by atomic mass is 10.1. The highest BCUT2D eigenvalue weighted by Crippen LogP contribution is 2.22. The monoisotopic (exact) mass is 398 g/mol. The molecule has 0 unspecified atom stereocenters. The van der Waals surface area contributed by atoms with Crippen LogP contribution in [0.2, 0.25) is 0 Å². The molecule has 3 rings (SSSR count). The van der Waals surface area contributed by atoms with E-state index in [1.54, 1.807) is 17.3 Å². The van der Waals surface area contributed by atoms with Crippen LogP contribution in [0.15, 0.2) is 24.5 Å². The van der Waals surface area contributed by atoms with E-state index in [0.29, 0.717) is 17.9 Å². The van der Waals surface area contributed by atoms with Gasteiger partial charge in [-0.2, -0.15) is 5.26 Å². The van der Waals surface area contributed by atoms with Crippen LogP contribution in [0.3, 0.4) is 0 Å². The molecule has 0 radical (unpaired) electrons. The number of imidazole rings is 1. The molecule has 1 aromatic carbocycles. The number of nitriles is 1. The number of benzene rings is 1. The van der Waals surface area contributed by atoms with Gasteiger partial charge in [-0.3, -0.25) is 4.79 Å². The third-order valence-corrected chi connectivity index (χ3v) is 4.56. The predicted molar refractivity (Wildman–Crippen MR) is 105 cm³/mol. The highest BCUT2D eigenvalue weighted by molar-refractivity contribution is 5.94. The second-order valence-electron chi connectivity index (χ2n) is 8.11. The maximum absolute atomic E-state index is 13.5. The van der Waals surface area contributed by atoms with Gasteiger partial charge in [0.2, 0.25) is 0 Å². The predicted octanol–water partition coefficient (Wildman–Crippen LogP) is 2.86. The van der Waals surface area contributed by atoms with Gasteiger partial charge in [0, 0.05) is 23.8 Å². The van der Waals surface area contributed by atoms with Gasteiger partial charge in [0.25, 0.3) is 5.91 Å². The van der Waals surface area contributed by atoms with Gasteiger partial charge in [0.1, 0.15) is 11.9 Å². The van der Waals surface area contributed by atoms with Crippen molar-refractivity contribution in [3.63, 3.8) is 0 Å². The summed E-state index contributed by atoms with van der Waals surface area (Å²) in [6, 6.07) is 5.02. The number of anilines is 1. The number of urea groups is 1. The van der Waals surface area contributed by atoms with E-state index < -0.39 is 17.4 Å². The van der Waals surface area contributed by atoms with Gasteiger partial charge in [-0.1, -0.05) is 0 Å². The molecular weight excluding hydrogens is 375 g/mol. The Labute approximate surface area is 168 Å². The van der Waals surface area contributed by atoms with Crippen LogP contribution >= 0.6 is 0 Å². The zero-order valence-corrected chi connectivity index (χ0v) is 16.8. The smallest absolute Gasteiger partial charge is 0.322 e. The van der Waals surface area contributed by atoms with Crippen molar-refractivity contribution in [3.05, 3.63) is 47.3 Å². The van der Waals surface area contributed by atoms with Crippen LogP contribution < -0.4 is 10.6 Å². The van der Waals surface area contributed by atoms with E-state index in [0.717, 1.165) is 6.07 Å². The molecule has 1 aromatic heterocycles. The Morgan fingerprint density at radius 1 is 1.34 bits per heavy atom. The molecule has 0 aliphatic carbocycles. The Morgan fingerprint density at radius 3 is 2.72 bits per heavy atom. The normalized spacial score (nSPS) is 16.0. The molecule has 29 heavy (non-hydrogen) atoms. The van der Waals surface area contributed by atoms with E-state index in [2.05, 4.69) is 15.6 Å². The standard InChI is InChI=1S/C20H23FN6O2/c1-12-9-26-11-23-17(18(28)25-20(2,3)4)16(26)10-27(12)19(29)24-14-5-6-15(21)13(7-14)8-22/h5-7,11-12H,9-10H2,1-4H3,(H,24,29)(H,25,28)/t12-/m0/s1. The minimum atomic E-state index is -0.643. The van der Waals surface area contributed by atoms with Gasteiger partial charge in [0.05, 0.1) is 24.1 Å². The number of nitrogens with one attached hydrogen (secondary N) is 2. The minimum absolute atomic E-state index is 0.145. The topological polar surface area (TPSA) is 103 Å². The van der Waals surface area contributed by atoms with Crippen LogP contribution in [0, 0.1) is 17.1 Å². The molecule has 2 N–H and O–H groups in total. The first-order valence-corrected chi connectivity index (χ1v) is 9.23. The van der Waals surface area contributed by atoms with E-state index in [9.17, 15) is 14.0 Å². The van der Waals surface area contributed by atoms with Crippen LogP contribution in [0.25, 0.3) is 0 Å². The first-order chi connectivity index (χ1) is 13.6. The van der Waals surface area contributed by atoms with Gasteiger partial charge < -0.3 is 20.1 Å². The Hall–Kier alpha value is -3.41. The van der Waals surface area contributed by atoms with E-state index in [1.165, 1.54) is 12.1 Å². The first-order valence-electron chi connectivity index (χ1n) is 9.23. The number of halogens is 1. The number of rotatable bonds is 2. The van der Waals surface area contributed by atoms with E-state index >= 15 is 0 Å². The molecule has 1 aliphatic rings. The lowest BCUT2D eigenvalue weighted by Gasteiger charge is -2.34. The molecule has 1 aliphatic heterocycles. The fourth-order valence-corrected chi connectivity index (χ4v) is 3.18. The van der Waals surface area contributed by atoms with Gasteiger partial charge >= 0.3 is 6.03 Å². The summed E-state index contributed by atoms with van der Waals surface area (Å²) in [6.45, 7) is 8.23. The van der Waals surface area contributed by atoms with E-state index in [1.807, 2.05) is 32.3 Å². The second-order valence-corrected chi connectivity index (χ2v) is 8.11. The number of fused-ring (bicyclic) bond motifs is 1. The van der Waals surface area contributed by atoms with Crippen molar-refractivity contribution >= 4 is 17.6 Å². The van der Waals surface area contributed by atoms with Crippen molar-refractivity contribution in [1.82, 2.24) is 19.8 Å². The number of aromatic nitrogens is 2. The Balaban J connectivity index is 1.80. The molecule has 152 valence electrons. The highest BCUT2D eigenvalue weighted by atomic mass is 19.1. The van der Waals surface area contributed by atoms with Crippen LogP contribution in [0.4, 0.5) is 14.9 Å². The third-order valence-electron chi connectivity index (χ3n) is 4.56. The maximum atomic E-state index is 13.5. The summed E-state index contributed by atoms with van der Waals surface area (Å²) in [7, 11) is 0. The van der Waals surface area contributed by atoms with Crippen molar-refractivity contribution in [2.75, 3.05) is 5.32 Å². The average Bonchev–Trinajstić information content (AvgIpc) is 3.03. The van der Waals surface area contributed by atoms with Crippen molar-refractivity contribution in [1.29, 1.82) is 5.26 Å². The molecule has 0 spiro atoms. The fourth-order valence-electron chi connectivity index (χ4n) is 3.18. The maximum Gasteiger partial charge on any atom is 0.322 e. The van der Waals surface area contributed by atoms with Crippen LogP contribution in [0.5, 0.6) is 0 Å². The molecule has 0 fully saturated rings. The van der Waals surface area contributed by atoms with Crippen LogP contribution in [0.1, 0.15) is 49.4 Å². The zero-order chi connectivity index (χ0) is 21.3. The fraction of sp³-hybridized carbons (Fsp3) is 0.400. The molecule has 8 nitrogen and oxygen atoms in total. The molecule has 0 bridgehead atoms. The number of carbonyl (C=O) groups is 2. The van der Waals surface area contributed by atoms with Crippen molar-refractivity contribution in [3.8, 4) is 6.07 Å². The van der Waals surface area contributed by atoms with Gasteiger partial charge in [0.15, 0.2) is 5.69 Å². The van der Waals surface area contributed by atoms with Gasteiger partial charge in [-0.25, -0.2) is 14.2 Å².